The normalized spacial score (nSPS) is 15.3. The first-order valence-corrected chi connectivity index (χ1v) is 9.57. The van der Waals surface area contributed by atoms with Gasteiger partial charge in [-0.25, -0.2) is 9.97 Å². The van der Waals surface area contributed by atoms with Crippen LogP contribution in [0.5, 0.6) is 0 Å². The summed E-state index contributed by atoms with van der Waals surface area (Å²) in [6.07, 6.45) is 3.99. The van der Waals surface area contributed by atoms with E-state index in [2.05, 4.69) is 20.2 Å². The topological polar surface area (TPSA) is 71.3 Å². The Balaban J connectivity index is 1.37. The van der Waals surface area contributed by atoms with Crippen LogP contribution in [0, 0.1) is 5.92 Å². The maximum Gasteiger partial charge on any atom is 0.227 e. The Morgan fingerprint density at radius 1 is 1.30 bits per heavy atom. The van der Waals surface area contributed by atoms with Crippen molar-refractivity contribution in [1.82, 2.24) is 9.97 Å². The molecule has 1 N–H and O–H groups in total. The fourth-order valence-electron chi connectivity index (χ4n) is 3.37. The second-order valence-electron chi connectivity index (χ2n) is 6.73. The molecule has 0 radical (unpaired) electrons. The number of carbonyl (C=O) groups is 1. The van der Waals surface area contributed by atoms with Gasteiger partial charge in [-0.15, -0.1) is 0 Å². The van der Waals surface area contributed by atoms with Gasteiger partial charge in [-0.2, -0.15) is 0 Å². The number of aryl methyl sites for hydroxylation is 1. The molecule has 4 rings (SSSR count). The number of nitrogens with one attached hydrogen (secondary N) is 1. The predicted molar refractivity (Wildman–Crippen MR) is 106 cm³/mol. The number of anilines is 2. The van der Waals surface area contributed by atoms with Crippen LogP contribution in [0.25, 0.3) is 11.1 Å². The number of benzene rings is 1. The zero-order valence-corrected chi connectivity index (χ0v) is 15.9. The summed E-state index contributed by atoms with van der Waals surface area (Å²) in [6, 6.07) is 9.33. The number of fused-ring (bicyclic) bond motifs is 1. The molecule has 1 aromatic carbocycles. The van der Waals surface area contributed by atoms with Gasteiger partial charge in [-0.3, -0.25) is 4.79 Å². The van der Waals surface area contributed by atoms with E-state index in [1.54, 1.807) is 6.20 Å². The predicted octanol–water partition coefficient (Wildman–Crippen LogP) is 4.29. The minimum atomic E-state index is -0.00670. The summed E-state index contributed by atoms with van der Waals surface area (Å²) in [5.74, 6) is 1.66. The fraction of sp³-hybridized carbons (Fsp3) is 0.350. The van der Waals surface area contributed by atoms with Crippen LogP contribution in [-0.2, 0) is 11.2 Å². The number of nitrogens with zero attached hydrogens (tertiary/aromatic N) is 3. The Morgan fingerprint density at radius 2 is 2.11 bits per heavy atom. The van der Waals surface area contributed by atoms with Crippen LogP contribution in [0.3, 0.4) is 0 Å². The average Bonchev–Trinajstić information content (AvgIpc) is 3.11. The number of piperidine rings is 1. The van der Waals surface area contributed by atoms with Crippen LogP contribution in [0.1, 0.15) is 25.7 Å². The Labute approximate surface area is 162 Å². The molecule has 1 aliphatic rings. The third-order valence-electron chi connectivity index (χ3n) is 4.90. The highest BCUT2D eigenvalue weighted by molar-refractivity contribution is 6.30. The lowest BCUT2D eigenvalue weighted by Gasteiger charge is -2.32. The van der Waals surface area contributed by atoms with Gasteiger partial charge in [0.1, 0.15) is 11.3 Å². The molecule has 1 amide bonds. The summed E-state index contributed by atoms with van der Waals surface area (Å²) in [4.78, 5) is 23.6. The number of pyridine rings is 1. The molecule has 6 nitrogen and oxygen atoms in total. The van der Waals surface area contributed by atoms with E-state index in [1.807, 2.05) is 37.3 Å². The molecule has 0 spiro atoms. The molecule has 140 valence electrons. The standard InChI is InChI=1S/C20H21ClN4O2/c1-2-19-24-16-11-15(4-5-17(16)27-19)23-20(26)13-7-9-25(10-8-13)18-6-3-14(21)12-22-18/h3-6,11-13H,2,7-10H2,1H3,(H,23,26). The van der Waals surface area contributed by atoms with Crippen molar-refractivity contribution < 1.29 is 9.21 Å². The SMILES string of the molecule is CCc1nc2cc(NC(=O)C3CCN(c4ccc(Cl)cn4)CC3)ccc2o1. The highest BCUT2D eigenvalue weighted by Crippen LogP contribution is 2.25. The second-order valence-corrected chi connectivity index (χ2v) is 7.17. The Morgan fingerprint density at radius 3 is 2.81 bits per heavy atom. The zero-order chi connectivity index (χ0) is 18.8. The summed E-state index contributed by atoms with van der Waals surface area (Å²) < 4.78 is 5.61. The highest BCUT2D eigenvalue weighted by Gasteiger charge is 2.25. The monoisotopic (exact) mass is 384 g/mol. The van der Waals surface area contributed by atoms with E-state index in [1.165, 1.54) is 0 Å². The molecular formula is C20H21ClN4O2. The average molecular weight is 385 g/mol. The molecule has 3 aromatic rings. The number of carbonyl (C=O) groups excluding carboxylic acids is 1. The number of aromatic nitrogens is 2. The molecule has 0 aliphatic carbocycles. The van der Waals surface area contributed by atoms with Gasteiger partial charge in [-0.1, -0.05) is 18.5 Å². The number of hydrogen-bond acceptors (Lipinski definition) is 5. The summed E-state index contributed by atoms with van der Waals surface area (Å²) in [6.45, 7) is 3.60. The first-order chi connectivity index (χ1) is 13.1. The summed E-state index contributed by atoms with van der Waals surface area (Å²) in [5, 5.41) is 3.65. The molecule has 0 bridgehead atoms. The number of halogens is 1. The van der Waals surface area contributed by atoms with Crippen molar-refractivity contribution in [3.05, 3.63) is 47.4 Å². The van der Waals surface area contributed by atoms with Crippen molar-refractivity contribution in [3.8, 4) is 0 Å². The van der Waals surface area contributed by atoms with Crippen LogP contribution in [-0.4, -0.2) is 29.0 Å². The molecular weight excluding hydrogens is 364 g/mol. The van der Waals surface area contributed by atoms with Crippen molar-refractivity contribution in [1.29, 1.82) is 0 Å². The zero-order valence-electron chi connectivity index (χ0n) is 15.1. The summed E-state index contributed by atoms with van der Waals surface area (Å²) >= 11 is 5.89. The lowest BCUT2D eigenvalue weighted by atomic mass is 9.95. The number of rotatable bonds is 4. The summed E-state index contributed by atoms with van der Waals surface area (Å²) in [5.41, 5.74) is 2.27. The second kappa shape index (κ2) is 7.56. The third-order valence-corrected chi connectivity index (χ3v) is 5.13. The first kappa shape index (κ1) is 17.8. The molecule has 2 aromatic heterocycles. The lowest BCUT2D eigenvalue weighted by molar-refractivity contribution is -0.120. The van der Waals surface area contributed by atoms with Gasteiger partial charge in [0.25, 0.3) is 0 Å². The highest BCUT2D eigenvalue weighted by atomic mass is 35.5. The smallest absolute Gasteiger partial charge is 0.227 e. The van der Waals surface area contributed by atoms with Gasteiger partial charge in [0, 0.05) is 37.3 Å². The molecule has 7 heteroatoms. The molecule has 1 saturated heterocycles. The van der Waals surface area contributed by atoms with Gasteiger partial charge in [0.2, 0.25) is 5.91 Å². The van der Waals surface area contributed by atoms with Crippen molar-refractivity contribution in [2.24, 2.45) is 5.92 Å². The minimum absolute atomic E-state index is 0.00670. The van der Waals surface area contributed by atoms with E-state index in [0.717, 1.165) is 55.0 Å². The van der Waals surface area contributed by atoms with Crippen LogP contribution < -0.4 is 10.2 Å². The van der Waals surface area contributed by atoms with E-state index in [4.69, 9.17) is 16.0 Å². The molecule has 3 heterocycles. The number of amides is 1. The van der Waals surface area contributed by atoms with Crippen molar-refractivity contribution in [3.63, 3.8) is 0 Å². The van der Waals surface area contributed by atoms with Gasteiger partial charge >= 0.3 is 0 Å². The molecule has 27 heavy (non-hydrogen) atoms. The van der Waals surface area contributed by atoms with Crippen molar-refractivity contribution in [2.75, 3.05) is 23.3 Å². The van der Waals surface area contributed by atoms with E-state index >= 15 is 0 Å². The molecule has 1 aliphatic heterocycles. The van der Waals surface area contributed by atoms with Crippen LogP contribution in [0.15, 0.2) is 40.9 Å². The molecule has 0 unspecified atom stereocenters. The van der Waals surface area contributed by atoms with Gasteiger partial charge in [-0.05, 0) is 43.2 Å². The van der Waals surface area contributed by atoms with Gasteiger partial charge in [0.15, 0.2) is 11.5 Å². The van der Waals surface area contributed by atoms with Crippen LogP contribution >= 0.6 is 11.6 Å². The summed E-state index contributed by atoms with van der Waals surface area (Å²) in [7, 11) is 0. The number of hydrogen-bond donors (Lipinski definition) is 1. The van der Waals surface area contributed by atoms with Gasteiger partial charge < -0.3 is 14.6 Å². The first-order valence-electron chi connectivity index (χ1n) is 9.19. The fourth-order valence-corrected chi connectivity index (χ4v) is 3.49. The quantitative estimate of drug-likeness (QED) is 0.726. The third kappa shape index (κ3) is 3.90. The maximum absolute atomic E-state index is 12.6. The molecule has 0 saturated carbocycles. The van der Waals surface area contributed by atoms with Crippen molar-refractivity contribution >= 4 is 40.1 Å². The van der Waals surface area contributed by atoms with E-state index in [9.17, 15) is 4.79 Å². The largest absolute Gasteiger partial charge is 0.441 e. The minimum Gasteiger partial charge on any atom is -0.441 e. The molecule has 1 fully saturated rings. The van der Waals surface area contributed by atoms with Gasteiger partial charge in [0.05, 0.1) is 5.02 Å². The van der Waals surface area contributed by atoms with E-state index < -0.39 is 0 Å². The van der Waals surface area contributed by atoms with Crippen molar-refractivity contribution in [2.45, 2.75) is 26.2 Å². The van der Waals surface area contributed by atoms with Crippen LogP contribution in [0.2, 0.25) is 5.02 Å². The van der Waals surface area contributed by atoms with E-state index in [0.29, 0.717) is 10.9 Å². The Bertz CT molecular complexity index is 946. The Hall–Kier alpha value is -2.60. The lowest BCUT2D eigenvalue weighted by Crippen LogP contribution is -2.38. The Kier molecular flexibility index (Phi) is 4.99. The molecule has 0 atom stereocenters. The number of oxazole rings is 1. The maximum atomic E-state index is 12.6. The van der Waals surface area contributed by atoms with E-state index in [-0.39, 0.29) is 11.8 Å². The van der Waals surface area contributed by atoms with Crippen LogP contribution in [0.4, 0.5) is 11.5 Å².